The van der Waals surface area contributed by atoms with Gasteiger partial charge in [0.15, 0.2) is 5.84 Å². The highest BCUT2D eigenvalue weighted by Gasteiger charge is 2.26. The molecule has 0 aromatic carbocycles. The lowest BCUT2D eigenvalue weighted by atomic mass is 10.4. The molecule has 6 nitrogen and oxygen atoms in total. The first-order valence-electron chi connectivity index (χ1n) is 5.13. The summed E-state index contributed by atoms with van der Waals surface area (Å²) >= 11 is 6.70. The number of nitrogens with zero attached hydrogens (tertiary/aromatic N) is 2. The summed E-state index contributed by atoms with van der Waals surface area (Å²) in [6.07, 6.45) is 0.622. The molecule has 0 fully saturated rings. The van der Waals surface area contributed by atoms with Crippen LogP contribution in [0, 0.1) is 0 Å². The Hall–Kier alpha value is -0.830. The predicted molar refractivity (Wildman–Crippen MR) is 71.8 cm³/mol. The number of amidine groups is 1. The topological polar surface area (TPSA) is 96.0 Å². The molecule has 1 rings (SSSR count). The first-order chi connectivity index (χ1) is 8.41. The molecule has 0 aliphatic carbocycles. The molecule has 1 heterocycles. The van der Waals surface area contributed by atoms with Crippen LogP contribution in [0.25, 0.3) is 0 Å². The maximum absolute atomic E-state index is 12.3. The summed E-state index contributed by atoms with van der Waals surface area (Å²) in [6, 6.07) is 2.96. The van der Waals surface area contributed by atoms with Gasteiger partial charge in [-0.25, -0.2) is 8.42 Å². The van der Waals surface area contributed by atoms with Crippen LogP contribution in [0.4, 0.5) is 0 Å². The van der Waals surface area contributed by atoms with Crippen LogP contribution in [0.1, 0.15) is 13.3 Å². The van der Waals surface area contributed by atoms with E-state index in [0.29, 0.717) is 10.8 Å². The fraction of sp³-hybridized carbons (Fsp3) is 0.444. The minimum Gasteiger partial charge on any atom is -0.409 e. The molecule has 0 unspecified atom stereocenters. The molecular weight excluding hydrogens is 298 g/mol. The largest absolute Gasteiger partial charge is 0.409 e. The summed E-state index contributed by atoms with van der Waals surface area (Å²) in [6.45, 7) is 1.98. The van der Waals surface area contributed by atoms with E-state index in [4.69, 9.17) is 22.5 Å². The second-order valence-electron chi connectivity index (χ2n) is 3.49. The van der Waals surface area contributed by atoms with Gasteiger partial charge in [0, 0.05) is 6.54 Å². The smallest absolute Gasteiger partial charge is 0.253 e. The highest BCUT2D eigenvalue weighted by molar-refractivity contribution is 7.91. The van der Waals surface area contributed by atoms with Crippen LogP contribution in [0.3, 0.4) is 0 Å². The lowest BCUT2D eigenvalue weighted by Crippen LogP contribution is -2.38. The Morgan fingerprint density at radius 2 is 2.28 bits per heavy atom. The zero-order valence-corrected chi connectivity index (χ0v) is 12.1. The van der Waals surface area contributed by atoms with Crippen molar-refractivity contribution in [1.29, 1.82) is 0 Å². The van der Waals surface area contributed by atoms with Crippen molar-refractivity contribution in [3.05, 3.63) is 16.5 Å². The van der Waals surface area contributed by atoms with E-state index in [1.807, 2.05) is 6.92 Å². The van der Waals surface area contributed by atoms with Crippen molar-refractivity contribution < 1.29 is 13.6 Å². The van der Waals surface area contributed by atoms with Crippen LogP contribution in [-0.4, -0.2) is 36.9 Å². The Labute approximate surface area is 115 Å². The second-order valence-corrected chi connectivity index (χ2v) is 7.37. The Kier molecular flexibility index (Phi) is 5.39. The van der Waals surface area contributed by atoms with Crippen molar-refractivity contribution in [2.75, 3.05) is 13.1 Å². The number of nitrogens with two attached hydrogens (primary N) is 1. The van der Waals surface area contributed by atoms with Gasteiger partial charge in [0.25, 0.3) is 10.0 Å². The van der Waals surface area contributed by atoms with Gasteiger partial charge in [-0.2, -0.15) is 4.31 Å². The van der Waals surface area contributed by atoms with E-state index in [1.165, 1.54) is 12.1 Å². The highest BCUT2D eigenvalue weighted by atomic mass is 35.5. The third-order valence-electron chi connectivity index (χ3n) is 2.08. The predicted octanol–water partition coefficient (Wildman–Crippen LogP) is 1.55. The number of thiophene rings is 1. The van der Waals surface area contributed by atoms with E-state index < -0.39 is 10.0 Å². The number of halogens is 1. The van der Waals surface area contributed by atoms with Gasteiger partial charge in [0.05, 0.1) is 10.9 Å². The highest BCUT2D eigenvalue weighted by Crippen LogP contribution is 2.28. The summed E-state index contributed by atoms with van der Waals surface area (Å²) in [5, 5.41) is 11.3. The summed E-state index contributed by atoms with van der Waals surface area (Å²) in [5.41, 5.74) is 5.36. The van der Waals surface area contributed by atoms with Crippen molar-refractivity contribution >= 4 is 38.8 Å². The summed E-state index contributed by atoms with van der Waals surface area (Å²) < 4.78 is 26.2. The van der Waals surface area contributed by atoms with Gasteiger partial charge in [-0.05, 0) is 18.6 Å². The van der Waals surface area contributed by atoms with E-state index in [9.17, 15) is 8.42 Å². The Morgan fingerprint density at radius 3 is 2.72 bits per heavy atom. The molecule has 0 spiro atoms. The lowest BCUT2D eigenvalue weighted by Gasteiger charge is -2.19. The van der Waals surface area contributed by atoms with Crippen molar-refractivity contribution in [2.24, 2.45) is 10.9 Å². The van der Waals surface area contributed by atoms with Crippen molar-refractivity contribution in [3.63, 3.8) is 0 Å². The summed E-state index contributed by atoms with van der Waals surface area (Å²) in [5.74, 6) is -0.158. The van der Waals surface area contributed by atoms with E-state index in [-0.39, 0.29) is 23.1 Å². The monoisotopic (exact) mass is 311 g/mol. The van der Waals surface area contributed by atoms with E-state index >= 15 is 0 Å². The maximum Gasteiger partial charge on any atom is 0.253 e. The average Bonchev–Trinajstić information content (AvgIpc) is 2.75. The molecule has 18 heavy (non-hydrogen) atoms. The van der Waals surface area contributed by atoms with Gasteiger partial charge in [-0.15, -0.1) is 11.3 Å². The number of sulfonamides is 1. The van der Waals surface area contributed by atoms with Crippen LogP contribution in [0.15, 0.2) is 21.5 Å². The van der Waals surface area contributed by atoms with Gasteiger partial charge < -0.3 is 10.9 Å². The van der Waals surface area contributed by atoms with E-state index in [0.717, 1.165) is 15.6 Å². The molecule has 0 atom stereocenters. The van der Waals surface area contributed by atoms with Gasteiger partial charge in [-0.1, -0.05) is 23.7 Å². The molecule has 0 amide bonds. The van der Waals surface area contributed by atoms with Gasteiger partial charge in [0.2, 0.25) is 0 Å². The van der Waals surface area contributed by atoms with E-state index in [1.54, 1.807) is 0 Å². The molecule has 0 saturated carbocycles. The average molecular weight is 312 g/mol. The van der Waals surface area contributed by atoms with Crippen LogP contribution in [-0.2, 0) is 10.0 Å². The Bertz CT molecular complexity index is 527. The molecule has 102 valence electrons. The van der Waals surface area contributed by atoms with Crippen molar-refractivity contribution in [1.82, 2.24) is 4.31 Å². The number of hydrogen-bond donors (Lipinski definition) is 2. The van der Waals surface area contributed by atoms with E-state index in [2.05, 4.69) is 5.16 Å². The normalized spacial score (nSPS) is 13.2. The second kappa shape index (κ2) is 6.37. The molecule has 0 saturated heterocycles. The zero-order chi connectivity index (χ0) is 13.8. The lowest BCUT2D eigenvalue weighted by molar-refractivity contribution is 0.314. The zero-order valence-electron chi connectivity index (χ0n) is 9.71. The maximum atomic E-state index is 12.3. The van der Waals surface area contributed by atoms with Crippen LogP contribution >= 0.6 is 22.9 Å². The first-order valence-corrected chi connectivity index (χ1v) is 7.77. The first kappa shape index (κ1) is 15.2. The number of rotatable bonds is 6. The Morgan fingerprint density at radius 1 is 1.61 bits per heavy atom. The van der Waals surface area contributed by atoms with Crippen LogP contribution in [0.2, 0.25) is 4.34 Å². The molecule has 9 heteroatoms. The minimum absolute atomic E-state index is 0.145. The third kappa shape index (κ3) is 3.58. The molecule has 0 aliphatic heterocycles. The van der Waals surface area contributed by atoms with Crippen LogP contribution in [0.5, 0.6) is 0 Å². The minimum atomic E-state index is -3.65. The third-order valence-corrected chi connectivity index (χ3v) is 5.63. The molecular formula is C9H14ClN3O3S2. The van der Waals surface area contributed by atoms with Gasteiger partial charge in [-0.3, -0.25) is 0 Å². The quantitative estimate of drug-likeness (QED) is 0.360. The van der Waals surface area contributed by atoms with Crippen molar-refractivity contribution in [3.8, 4) is 0 Å². The SMILES string of the molecule is CCCN(CC(N)=NO)S(=O)(=O)c1ccc(Cl)s1. The van der Waals surface area contributed by atoms with Gasteiger partial charge in [0.1, 0.15) is 4.21 Å². The van der Waals surface area contributed by atoms with Gasteiger partial charge >= 0.3 is 0 Å². The van der Waals surface area contributed by atoms with Crippen LogP contribution < -0.4 is 5.73 Å². The molecule has 0 bridgehead atoms. The molecule has 0 radical (unpaired) electrons. The summed E-state index contributed by atoms with van der Waals surface area (Å²) in [4.78, 5) is 0. The fourth-order valence-electron chi connectivity index (χ4n) is 1.31. The van der Waals surface area contributed by atoms with Crippen molar-refractivity contribution in [2.45, 2.75) is 17.6 Å². The number of oxime groups is 1. The molecule has 0 aliphatic rings. The fourth-order valence-corrected chi connectivity index (χ4v) is 4.45. The molecule has 3 N–H and O–H groups in total. The molecule has 1 aromatic rings. The Balaban J connectivity index is 3.04. The molecule has 1 aromatic heterocycles. The summed E-state index contributed by atoms with van der Waals surface area (Å²) in [7, 11) is -3.65. The number of hydrogen-bond acceptors (Lipinski definition) is 5. The standard InChI is InChI=1S/C9H14ClN3O3S2/c1-2-5-13(6-8(11)12-14)18(15,16)9-4-3-7(10)17-9/h3-4,14H,2,5-6H2,1H3,(H2,11,12).